The van der Waals surface area contributed by atoms with Crippen molar-refractivity contribution in [3.63, 3.8) is 0 Å². The Kier molecular flexibility index (Phi) is 10.3. The first-order chi connectivity index (χ1) is 13.9. The number of ether oxygens (including phenoxy) is 2. The molecule has 0 saturated carbocycles. The molecule has 30 heavy (non-hydrogen) atoms. The summed E-state index contributed by atoms with van der Waals surface area (Å²) in [5, 5.41) is 2.96. The molecule has 0 bridgehead atoms. The number of benzene rings is 1. The fraction of sp³-hybridized carbons (Fsp3) is 0.600. The number of halogens is 1. The molecule has 0 aliphatic heterocycles. The van der Waals surface area contributed by atoms with Gasteiger partial charge in [-0.2, -0.15) is 0 Å². The number of carbonyl (C=O) groups excluding carboxylic acids is 2. The number of amides is 1. The Morgan fingerprint density at radius 1 is 1.17 bits per heavy atom. The van der Waals surface area contributed by atoms with Gasteiger partial charge in [-0.1, -0.05) is 17.7 Å². The Balaban J connectivity index is 3.03. The number of hydrogen-bond acceptors (Lipinski definition) is 7. The van der Waals surface area contributed by atoms with Gasteiger partial charge in [-0.25, -0.2) is 4.79 Å². The first kappa shape index (κ1) is 26.4. The monoisotopic (exact) mass is 463 g/mol. The minimum Gasteiger partial charge on any atom is -0.495 e. The lowest BCUT2D eigenvalue weighted by Crippen LogP contribution is -2.46. The highest BCUT2D eigenvalue weighted by atomic mass is 35.5. The Hall–Kier alpha value is -1.60. The maximum absolute atomic E-state index is 12.7. The number of nitrogens with one attached hydrogen (secondary N) is 1. The predicted molar refractivity (Wildman–Crippen MR) is 115 cm³/mol. The maximum atomic E-state index is 12.7. The van der Waals surface area contributed by atoms with E-state index < -0.39 is 37.3 Å². The summed E-state index contributed by atoms with van der Waals surface area (Å²) in [4.78, 5) is 25.2. The lowest BCUT2D eigenvalue weighted by molar-refractivity contribution is -0.158. The lowest BCUT2D eigenvalue weighted by Gasteiger charge is -2.25. The van der Waals surface area contributed by atoms with Crippen LogP contribution in [0, 0.1) is 0 Å². The van der Waals surface area contributed by atoms with Crippen LogP contribution in [-0.2, 0) is 34.4 Å². The largest absolute Gasteiger partial charge is 0.495 e. The smallest absolute Gasteiger partial charge is 0.340 e. The second kappa shape index (κ2) is 11.7. The Bertz CT molecular complexity index is 769. The molecule has 1 rings (SSSR count). The van der Waals surface area contributed by atoms with E-state index in [1.54, 1.807) is 52.8 Å². The fourth-order valence-electron chi connectivity index (χ4n) is 2.58. The van der Waals surface area contributed by atoms with Crippen molar-refractivity contribution in [3.8, 4) is 5.75 Å². The number of esters is 1. The molecule has 0 unspecified atom stereocenters. The average Bonchev–Trinajstić information content (AvgIpc) is 2.60. The highest BCUT2D eigenvalue weighted by Crippen LogP contribution is 2.47. The molecule has 1 atom stereocenters. The van der Waals surface area contributed by atoms with Crippen molar-refractivity contribution >= 4 is 31.1 Å². The van der Waals surface area contributed by atoms with Crippen LogP contribution >= 0.6 is 19.2 Å². The van der Waals surface area contributed by atoms with Crippen molar-refractivity contribution in [3.05, 3.63) is 28.8 Å². The molecule has 0 aliphatic rings. The third kappa shape index (κ3) is 9.04. The Morgan fingerprint density at radius 2 is 1.77 bits per heavy atom. The SMILES string of the molecule is CCOP(=O)(CC(=O)N[C@H](Cc1ccc(OC)c(Cl)c1)C(=O)OC(C)(C)C)OCC. The molecule has 0 saturated heterocycles. The van der Waals surface area contributed by atoms with Gasteiger partial charge in [0, 0.05) is 6.42 Å². The van der Waals surface area contributed by atoms with Crippen molar-refractivity contribution < 1.29 is 32.7 Å². The number of methoxy groups -OCH3 is 1. The van der Waals surface area contributed by atoms with Crippen LogP contribution in [-0.4, -0.2) is 50.0 Å². The summed E-state index contributed by atoms with van der Waals surface area (Å²) in [6, 6.07) is 4.04. The van der Waals surface area contributed by atoms with Crippen LogP contribution in [0.25, 0.3) is 0 Å². The van der Waals surface area contributed by atoms with Gasteiger partial charge in [0.15, 0.2) is 0 Å². The molecule has 170 valence electrons. The topological polar surface area (TPSA) is 100 Å². The number of hydrogen-bond donors (Lipinski definition) is 1. The zero-order valence-corrected chi connectivity index (χ0v) is 20.0. The molecule has 8 nitrogen and oxygen atoms in total. The maximum Gasteiger partial charge on any atom is 0.340 e. The van der Waals surface area contributed by atoms with E-state index in [-0.39, 0.29) is 19.6 Å². The van der Waals surface area contributed by atoms with E-state index in [1.165, 1.54) is 7.11 Å². The summed E-state index contributed by atoms with van der Waals surface area (Å²) in [5.74, 6) is -0.770. The molecular formula is C20H31ClNO7P. The minimum absolute atomic E-state index is 0.123. The van der Waals surface area contributed by atoms with Crippen LogP contribution in [0.4, 0.5) is 0 Å². The normalized spacial score (nSPS) is 12.9. The van der Waals surface area contributed by atoms with Crippen LogP contribution in [0.2, 0.25) is 5.02 Å². The van der Waals surface area contributed by atoms with Crippen molar-refractivity contribution in [1.82, 2.24) is 5.32 Å². The van der Waals surface area contributed by atoms with Crippen LogP contribution in [0.1, 0.15) is 40.2 Å². The van der Waals surface area contributed by atoms with Gasteiger partial charge in [0.2, 0.25) is 5.91 Å². The first-order valence-electron chi connectivity index (χ1n) is 9.65. The molecule has 10 heteroatoms. The molecule has 0 aliphatic carbocycles. The second-order valence-electron chi connectivity index (χ2n) is 7.43. The highest BCUT2D eigenvalue weighted by Gasteiger charge is 2.32. The minimum atomic E-state index is -3.61. The second-order valence-corrected chi connectivity index (χ2v) is 9.89. The number of carbonyl (C=O) groups is 2. The lowest BCUT2D eigenvalue weighted by atomic mass is 10.1. The molecule has 0 aromatic heterocycles. The quantitative estimate of drug-likeness (QED) is 0.391. The van der Waals surface area contributed by atoms with E-state index in [0.717, 1.165) is 0 Å². The average molecular weight is 464 g/mol. The summed E-state index contributed by atoms with van der Waals surface area (Å²) in [6.07, 6.45) is -0.380. The molecule has 0 fully saturated rings. The predicted octanol–water partition coefficient (Wildman–Crippen LogP) is 3.98. The van der Waals surface area contributed by atoms with Crippen LogP contribution in [0.3, 0.4) is 0 Å². The highest BCUT2D eigenvalue weighted by molar-refractivity contribution is 7.54. The summed E-state index contributed by atoms with van der Waals surface area (Å²) >= 11 is 6.16. The third-order valence-corrected chi connectivity index (χ3v) is 5.94. The first-order valence-corrected chi connectivity index (χ1v) is 11.8. The number of rotatable bonds is 11. The van der Waals surface area contributed by atoms with Gasteiger partial charge in [0.05, 0.1) is 25.3 Å². The fourth-order valence-corrected chi connectivity index (χ4v) is 4.34. The summed E-state index contributed by atoms with van der Waals surface area (Å²) < 4.78 is 33.5. The van der Waals surface area contributed by atoms with E-state index >= 15 is 0 Å². The van der Waals surface area contributed by atoms with Crippen molar-refractivity contribution in [2.75, 3.05) is 26.5 Å². The zero-order chi connectivity index (χ0) is 22.9. The van der Waals surface area contributed by atoms with Gasteiger partial charge in [0.1, 0.15) is 23.6 Å². The van der Waals surface area contributed by atoms with Gasteiger partial charge in [0.25, 0.3) is 0 Å². The van der Waals surface area contributed by atoms with E-state index in [0.29, 0.717) is 16.3 Å². The van der Waals surface area contributed by atoms with Gasteiger partial charge < -0.3 is 23.8 Å². The van der Waals surface area contributed by atoms with Crippen molar-refractivity contribution in [1.29, 1.82) is 0 Å². The molecular weight excluding hydrogens is 433 g/mol. The Morgan fingerprint density at radius 3 is 2.23 bits per heavy atom. The van der Waals surface area contributed by atoms with Crippen LogP contribution in [0.5, 0.6) is 5.75 Å². The molecule has 1 N–H and O–H groups in total. The van der Waals surface area contributed by atoms with Gasteiger partial charge >= 0.3 is 13.6 Å². The molecule has 0 radical (unpaired) electrons. The molecule has 1 amide bonds. The van der Waals surface area contributed by atoms with Crippen LogP contribution < -0.4 is 10.1 Å². The molecule has 0 heterocycles. The van der Waals surface area contributed by atoms with Crippen molar-refractivity contribution in [2.24, 2.45) is 0 Å². The third-order valence-electron chi connectivity index (χ3n) is 3.67. The standard InChI is InChI=1S/C20H31ClNO7P/c1-7-27-30(25,28-8-2)13-18(23)22-16(19(24)29-20(3,4)5)12-14-9-10-17(26-6)15(21)11-14/h9-11,16H,7-8,12-13H2,1-6H3,(H,22,23)/t16-/m1/s1. The summed E-state index contributed by atoms with van der Waals surface area (Å²) in [5.41, 5.74) is -0.0569. The molecule has 1 aromatic rings. The van der Waals surface area contributed by atoms with E-state index in [9.17, 15) is 14.2 Å². The molecule has 0 spiro atoms. The van der Waals surface area contributed by atoms with Gasteiger partial charge in [-0.05, 0) is 52.3 Å². The van der Waals surface area contributed by atoms with Crippen LogP contribution in [0.15, 0.2) is 18.2 Å². The van der Waals surface area contributed by atoms with Gasteiger partial charge in [-0.15, -0.1) is 0 Å². The summed E-state index contributed by atoms with van der Waals surface area (Å²) in [6.45, 7) is 8.75. The van der Waals surface area contributed by atoms with E-state index in [1.807, 2.05) is 0 Å². The summed E-state index contributed by atoms with van der Waals surface area (Å²) in [7, 11) is -2.11. The van der Waals surface area contributed by atoms with E-state index in [2.05, 4.69) is 5.32 Å². The molecule has 1 aromatic carbocycles. The Labute approximate surface area is 183 Å². The van der Waals surface area contributed by atoms with E-state index in [4.69, 9.17) is 30.1 Å². The van der Waals surface area contributed by atoms with Gasteiger partial charge in [-0.3, -0.25) is 9.36 Å². The van der Waals surface area contributed by atoms with Crippen molar-refractivity contribution in [2.45, 2.75) is 52.7 Å². The zero-order valence-electron chi connectivity index (χ0n) is 18.3.